The number of carbonyl (C=O) groups excluding carboxylic acids is 1. The third kappa shape index (κ3) is 3.98. The molecule has 1 aromatic carbocycles. The van der Waals surface area contributed by atoms with E-state index in [1.807, 2.05) is 20.8 Å². The quantitative estimate of drug-likeness (QED) is 0.877. The van der Waals surface area contributed by atoms with Crippen molar-refractivity contribution in [2.45, 2.75) is 26.8 Å². The van der Waals surface area contributed by atoms with Gasteiger partial charge in [0.05, 0.1) is 11.7 Å². The van der Waals surface area contributed by atoms with E-state index >= 15 is 0 Å². The molecule has 0 fully saturated rings. The van der Waals surface area contributed by atoms with E-state index in [-0.39, 0.29) is 11.3 Å². The van der Waals surface area contributed by atoms with Crippen molar-refractivity contribution in [3.8, 4) is 0 Å². The molecule has 3 nitrogen and oxygen atoms in total. The van der Waals surface area contributed by atoms with Gasteiger partial charge >= 0.3 is 0 Å². The fraction of sp³-hybridized carbons (Fsp3) is 0.417. The van der Waals surface area contributed by atoms with Crippen LogP contribution in [-0.4, -0.2) is 11.9 Å². The first-order valence-corrected chi connectivity index (χ1v) is 6.40. The minimum absolute atomic E-state index is 0.208. The molecule has 0 aliphatic carbocycles. The van der Waals surface area contributed by atoms with Crippen molar-refractivity contribution in [2.75, 3.05) is 5.32 Å². The first-order chi connectivity index (χ1) is 7.71. The molecule has 1 unspecified atom stereocenters. The average molecular weight is 320 g/mol. The zero-order valence-electron chi connectivity index (χ0n) is 10.1. The van der Waals surface area contributed by atoms with Gasteiger partial charge in [-0.05, 0) is 39.5 Å². The molecule has 0 spiro atoms. The van der Waals surface area contributed by atoms with Crippen LogP contribution in [0.15, 0.2) is 22.7 Å². The van der Waals surface area contributed by atoms with Crippen LogP contribution in [0.1, 0.15) is 20.8 Å². The lowest BCUT2D eigenvalue weighted by molar-refractivity contribution is -0.119. The van der Waals surface area contributed by atoms with Crippen LogP contribution in [0.5, 0.6) is 0 Å². The van der Waals surface area contributed by atoms with Gasteiger partial charge in [-0.2, -0.15) is 0 Å². The van der Waals surface area contributed by atoms with E-state index in [0.717, 1.165) is 4.47 Å². The van der Waals surface area contributed by atoms with Crippen molar-refractivity contribution in [3.05, 3.63) is 27.7 Å². The lowest BCUT2D eigenvalue weighted by Crippen LogP contribution is -2.45. The Morgan fingerprint density at radius 3 is 2.53 bits per heavy atom. The molecule has 0 saturated carbocycles. The van der Waals surface area contributed by atoms with Crippen LogP contribution in [0.25, 0.3) is 0 Å². The van der Waals surface area contributed by atoms with Gasteiger partial charge in [-0.25, -0.2) is 0 Å². The van der Waals surface area contributed by atoms with Gasteiger partial charge in [-0.15, -0.1) is 0 Å². The van der Waals surface area contributed by atoms with Crippen LogP contribution < -0.4 is 11.1 Å². The SMILES string of the molecule is CC(C)(C)C(N)C(=O)Nc1ccc(Cl)cc1Br. The van der Waals surface area contributed by atoms with E-state index < -0.39 is 6.04 Å². The van der Waals surface area contributed by atoms with E-state index in [0.29, 0.717) is 10.7 Å². The summed E-state index contributed by atoms with van der Waals surface area (Å²) in [6.45, 7) is 5.77. The Morgan fingerprint density at radius 1 is 1.47 bits per heavy atom. The van der Waals surface area contributed by atoms with Crippen LogP contribution in [0, 0.1) is 5.41 Å². The number of nitrogens with two attached hydrogens (primary N) is 1. The second kappa shape index (κ2) is 5.38. The standard InChI is InChI=1S/C12H16BrClN2O/c1-12(2,3)10(15)11(17)16-9-5-4-7(14)6-8(9)13/h4-6,10H,15H2,1-3H3,(H,16,17). The number of halogens is 2. The average Bonchev–Trinajstić information content (AvgIpc) is 2.19. The smallest absolute Gasteiger partial charge is 0.241 e. The van der Waals surface area contributed by atoms with Gasteiger partial charge in [0.1, 0.15) is 0 Å². The Hall–Kier alpha value is -0.580. The maximum Gasteiger partial charge on any atom is 0.241 e. The first kappa shape index (κ1) is 14.5. The fourth-order valence-corrected chi connectivity index (χ4v) is 1.98. The van der Waals surface area contributed by atoms with Gasteiger partial charge in [0.15, 0.2) is 0 Å². The van der Waals surface area contributed by atoms with Crippen molar-refractivity contribution in [3.63, 3.8) is 0 Å². The highest BCUT2D eigenvalue weighted by atomic mass is 79.9. The van der Waals surface area contributed by atoms with Crippen LogP contribution >= 0.6 is 27.5 Å². The molecule has 5 heteroatoms. The fourth-order valence-electron chi connectivity index (χ4n) is 1.19. The molecule has 0 radical (unpaired) electrons. The van der Waals surface area contributed by atoms with E-state index in [1.165, 1.54) is 0 Å². The molecular weight excluding hydrogens is 304 g/mol. The molecule has 94 valence electrons. The van der Waals surface area contributed by atoms with Crippen LogP contribution in [0.3, 0.4) is 0 Å². The number of nitrogens with one attached hydrogen (secondary N) is 1. The topological polar surface area (TPSA) is 55.1 Å². The zero-order valence-corrected chi connectivity index (χ0v) is 12.4. The molecule has 0 saturated heterocycles. The highest BCUT2D eigenvalue weighted by Gasteiger charge is 2.27. The molecule has 17 heavy (non-hydrogen) atoms. The Labute approximate surface area is 115 Å². The molecule has 0 aromatic heterocycles. The summed E-state index contributed by atoms with van der Waals surface area (Å²) in [6, 6.07) is 4.61. The van der Waals surface area contributed by atoms with Gasteiger partial charge in [-0.1, -0.05) is 32.4 Å². The molecule has 1 atom stereocenters. The molecular formula is C12H16BrClN2O. The summed E-state index contributed by atoms with van der Waals surface area (Å²) >= 11 is 9.16. The monoisotopic (exact) mass is 318 g/mol. The van der Waals surface area contributed by atoms with Gasteiger partial charge in [0.2, 0.25) is 5.91 Å². The third-order valence-electron chi connectivity index (χ3n) is 2.40. The molecule has 1 rings (SSSR count). The number of rotatable bonds is 2. The Balaban J connectivity index is 2.82. The van der Waals surface area contributed by atoms with Gasteiger partial charge < -0.3 is 11.1 Å². The predicted octanol–water partition coefficient (Wildman–Crippen LogP) is 3.41. The Bertz CT molecular complexity index is 429. The molecule has 3 N–H and O–H groups in total. The van der Waals surface area contributed by atoms with Crippen molar-refractivity contribution in [2.24, 2.45) is 11.1 Å². The minimum Gasteiger partial charge on any atom is -0.324 e. The number of carbonyl (C=O) groups is 1. The Kier molecular flexibility index (Phi) is 4.58. The maximum atomic E-state index is 11.9. The lowest BCUT2D eigenvalue weighted by atomic mass is 9.87. The van der Waals surface area contributed by atoms with Crippen LogP contribution in [-0.2, 0) is 4.79 Å². The van der Waals surface area contributed by atoms with Crippen molar-refractivity contribution < 1.29 is 4.79 Å². The van der Waals surface area contributed by atoms with Crippen LogP contribution in [0.4, 0.5) is 5.69 Å². The van der Waals surface area contributed by atoms with Gasteiger partial charge in [-0.3, -0.25) is 4.79 Å². The summed E-state index contributed by atoms with van der Waals surface area (Å²) in [5, 5.41) is 3.38. The highest BCUT2D eigenvalue weighted by molar-refractivity contribution is 9.10. The minimum atomic E-state index is -0.565. The summed E-state index contributed by atoms with van der Waals surface area (Å²) in [5.74, 6) is -0.208. The normalized spacial score (nSPS) is 13.3. The second-order valence-corrected chi connectivity index (χ2v) is 6.25. The number of benzene rings is 1. The second-order valence-electron chi connectivity index (χ2n) is 4.96. The number of hydrogen-bond acceptors (Lipinski definition) is 2. The van der Waals surface area contributed by atoms with Crippen molar-refractivity contribution >= 4 is 39.1 Å². The summed E-state index contributed by atoms with van der Waals surface area (Å²) < 4.78 is 0.736. The van der Waals surface area contributed by atoms with Gasteiger partial charge in [0.25, 0.3) is 0 Å². The van der Waals surface area contributed by atoms with Crippen molar-refractivity contribution in [1.82, 2.24) is 0 Å². The van der Waals surface area contributed by atoms with Gasteiger partial charge in [0, 0.05) is 9.50 Å². The number of amides is 1. The van der Waals surface area contributed by atoms with E-state index in [1.54, 1.807) is 18.2 Å². The summed E-state index contributed by atoms with van der Waals surface area (Å²) in [6.07, 6.45) is 0. The predicted molar refractivity (Wildman–Crippen MR) is 75.2 cm³/mol. The van der Waals surface area contributed by atoms with E-state index in [2.05, 4.69) is 21.2 Å². The third-order valence-corrected chi connectivity index (χ3v) is 3.30. The summed E-state index contributed by atoms with van der Waals surface area (Å²) in [5.41, 5.74) is 6.26. The zero-order chi connectivity index (χ0) is 13.2. The number of anilines is 1. The molecule has 0 aliphatic rings. The lowest BCUT2D eigenvalue weighted by Gasteiger charge is -2.26. The first-order valence-electron chi connectivity index (χ1n) is 5.23. The molecule has 0 bridgehead atoms. The Morgan fingerprint density at radius 2 is 2.06 bits per heavy atom. The summed E-state index contributed by atoms with van der Waals surface area (Å²) in [4.78, 5) is 11.9. The number of hydrogen-bond donors (Lipinski definition) is 2. The molecule has 1 amide bonds. The molecule has 1 aromatic rings. The molecule has 0 heterocycles. The molecule has 0 aliphatic heterocycles. The van der Waals surface area contributed by atoms with Crippen LogP contribution in [0.2, 0.25) is 5.02 Å². The van der Waals surface area contributed by atoms with Crippen molar-refractivity contribution in [1.29, 1.82) is 0 Å². The van der Waals surface area contributed by atoms with E-state index in [4.69, 9.17) is 17.3 Å². The maximum absolute atomic E-state index is 11.9. The summed E-state index contributed by atoms with van der Waals surface area (Å²) in [7, 11) is 0. The van der Waals surface area contributed by atoms with E-state index in [9.17, 15) is 4.79 Å². The highest BCUT2D eigenvalue weighted by Crippen LogP contribution is 2.27. The largest absolute Gasteiger partial charge is 0.324 e.